The van der Waals surface area contributed by atoms with Gasteiger partial charge in [0, 0.05) is 24.7 Å². The van der Waals surface area contributed by atoms with Gasteiger partial charge in [0.25, 0.3) is 0 Å². The number of likely N-dealkylation sites (N-methyl/N-ethyl adjacent to an activating group) is 1. The molecule has 1 aliphatic heterocycles. The average molecular weight is 253 g/mol. The predicted molar refractivity (Wildman–Crippen MR) is 77.7 cm³/mol. The first-order valence-electron chi connectivity index (χ1n) is 7.69. The minimum atomic E-state index is 0.323. The molecule has 2 N–H and O–H groups in total. The van der Waals surface area contributed by atoms with Crippen LogP contribution in [-0.2, 0) is 0 Å². The summed E-state index contributed by atoms with van der Waals surface area (Å²) in [6.07, 6.45) is 8.07. The van der Waals surface area contributed by atoms with Crippen LogP contribution >= 0.6 is 0 Å². The molecule has 1 unspecified atom stereocenters. The highest BCUT2D eigenvalue weighted by atomic mass is 15.3. The average Bonchev–Trinajstić information content (AvgIpc) is 2.78. The first-order chi connectivity index (χ1) is 8.57. The summed E-state index contributed by atoms with van der Waals surface area (Å²) in [7, 11) is 4.38. The van der Waals surface area contributed by atoms with E-state index in [2.05, 4.69) is 30.8 Å². The van der Waals surface area contributed by atoms with Crippen molar-refractivity contribution in [1.82, 2.24) is 9.80 Å². The van der Waals surface area contributed by atoms with E-state index in [-0.39, 0.29) is 0 Å². The van der Waals surface area contributed by atoms with Crippen LogP contribution in [0.3, 0.4) is 0 Å². The molecule has 0 bridgehead atoms. The summed E-state index contributed by atoms with van der Waals surface area (Å²) in [5, 5.41) is 0. The lowest BCUT2D eigenvalue weighted by Crippen LogP contribution is -2.58. The number of rotatable bonds is 4. The van der Waals surface area contributed by atoms with Gasteiger partial charge in [-0.05, 0) is 65.1 Å². The molecular weight excluding hydrogens is 222 g/mol. The van der Waals surface area contributed by atoms with Crippen LogP contribution in [0.4, 0.5) is 0 Å². The van der Waals surface area contributed by atoms with Crippen LogP contribution < -0.4 is 5.73 Å². The van der Waals surface area contributed by atoms with Gasteiger partial charge in [0.15, 0.2) is 0 Å². The quantitative estimate of drug-likeness (QED) is 0.831. The number of hydrogen-bond acceptors (Lipinski definition) is 3. The topological polar surface area (TPSA) is 32.5 Å². The molecule has 0 aromatic carbocycles. The van der Waals surface area contributed by atoms with Gasteiger partial charge in [-0.2, -0.15) is 0 Å². The van der Waals surface area contributed by atoms with Crippen LogP contribution in [0.1, 0.15) is 45.4 Å². The fourth-order valence-corrected chi connectivity index (χ4v) is 3.98. The first kappa shape index (κ1) is 14.3. The second kappa shape index (κ2) is 5.89. The highest BCUT2D eigenvalue weighted by Crippen LogP contribution is 2.39. The number of hydrogen-bond donors (Lipinski definition) is 1. The minimum Gasteiger partial charge on any atom is -0.329 e. The number of nitrogens with two attached hydrogens (primary N) is 1. The summed E-state index contributed by atoms with van der Waals surface area (Å²) in [6.45, 7) is 5.70. The lowest BCUT2D eigenvalue weighted by molar-refractivity contribution is 0.0265. The molecular formula is C15H31N3. The molecule has 0 radical (unpaired) electrons. The second-order valence-electron chi connectivity index (χ2n) is 6.86. The Labute approximate surface area is 113 Å². The van der Waals surface area contributed by atoms with E-state index in [4.69, 9.17) is 5.73 Å². The van der Waals surface area contributed by atoms with Crippen molar-refractivity contribution < 1.29 is 0 Å². The summed E-state index contributed by atoms with van der Waals surface area (Å²) in [4.78, 5) is 5.11. The number of nitrogens with zero attached hydrogens (tertiary/aromatic N) is 2. The van der Waals surface area contributed by atoms with Gasteiger partial charge in [0.2, 0.25) is 0 Å². The van der Waals surface area contributed by atoms with Crippen LogP contribution in [0.5, 0.6) is 0 Å². The predicted octanol–water partition coefficient (Wildman–Crippen LogP) is 1.92. The standard InChI is InChI=1S/C15H31N3/c1-13-6-8-15(12-16,9-7-13)18-10-4-5-14(18)11-17(2)3/h13-14H,4-12,16H2,1-3H3. The van der Waals surface area contributed by atoms with Crippen molar-refractivity contribution in [2.24, 2.45) is 11.7 Å². The van der Waals surface area contributed by atoms with E-state index in [1.54, 1.807) is 0 Å². The maximum absolute atomic E-state index is 6.20. The molecule has 1 heterocycles. The summed E-state index contributed by atoms with van der Waals surface area (Å²) in [5.41, 5.74) is 6.52. The lowest BCUT2D eigenvalue weighted by atomic mass is 9.75. The molecule has 0 aromatic rings. The Hall–Kier alpha value is -0.120. The fourth-order valence-electron chi connectivity index (χ4n) is 3.98. The molecule has 1 atom stereocenters. The van der Waals surface area contributed by atoms with Crippen LogP contribution in [0.25, 0.3) is 0 Å². The fraction of sp³-hybridized carbons (Fsp3) is 1.00. The zero-order chi connectivity index (χ0) is 13.2. The summed E-state index contributed by atoms with van der Waals surface area (Å²) >= 11 is 0. The van der Waals surface area contributed by atoms with Crippen molar-refractivity contribution in [3.63, 3.8) is 0 Å². The van der Waals surface area contributed by atoms with Crippen molar-refractivity contribution in [3.05, 3.63) is 0 Å². The monoisotopic (exact) mass is 253 g/mol. The van der Waals surface area contributed by atoms with E-state index in [1.165, 1.54) is 51.6 Å². The van der Waals surface area contributed by atoms with Crippen molar-refractivity contribution in [3.8, 4) is 0 Å². The largest absolute Gasteiger partial charge is 0.329 e. The maximum Gasteiger partial charge on any atom is 0.0335 e. The van der Waals surface area contributed by atoms with Crippen LogP contribution in [0, 0.1) is 5.92 Å². The molecule has 3 nitrogen and oxygen atoms in total. The smallest absolute Gasteiger partial charge is 0.0335 e. The normalized spacial score (nSPS) is 38.5. The van der Waals surface area contributed by atoms with Crippen molar-refractivity contribution in [1.29, 1.82) is 0 Å². The van der Waals surface area contributed by atoms with Crippen molar-refractivity contribution >= 4 is 0 Å². The van der Waals surface area contributed by atoms with Crippen LogP contribution in [-0.4, -0.2) is 55.1 Å². The third kappa shape index (κ3) is 2.89. The van der Waals surface area contributed by atoms with Crippen molar-refractivity contribution in [2.45, 2.75) is 57.0 Å². The Balaban J connectivity index is 2.06. The van der Waals surface area contributed by atoms with Crippen molar-refractivity contribution in [2.75, 3.05) is 33.7 Å². The van der Waals surface area contributed by atoms with Gasteiger partial charge in [-0.25, -0.2) is 0 Å². The third-order valence-electron chi connectivity index (χ3n) is 5.15. The molecule has 0 spiro atoms. The summed E-state index contributed by atoms with van der Waals surface area (Å²) in [6, 6.07) is 0.733. The molecule has 2 fully saturated rings. The van der Waals surface area contributed by atoms with Gasteiger partial charge in [-0.15, -0.1) is 0 Å². The lowest BCUT2D eigenvalue weighted by Gasteiger charge is -2.48. The SMILES string of the molecule is CC1CCC(CN)(N2CCCC2CN(C)C)CC1. The van der Waals surface area contributed by atoms with Gasteiger partial charge >= 0.3 is 0 Å². The Morgan fingerprint density at radius 1 is 1.22 bits per heavy atom. The molecule has 3 heteroatoms. The van der Waals surface area contributed by atoms with E-state index >= 15 is 0 Å². The van der Waals surface area contributed by atoms with E-state index < -0.39 is 0 Å². The molecule has 0 amide bonds. The van der Waals surface area contributed by atoms with E-state index in [0.717, 1.165) is 18.5 Å². The third-order valence-corrected chi connectivity index (χ3v) is 5.15. The van der Waals surface area contributed by atoms with Gasteiger partial charge < -0.3 is 10.6 Å². The Morgan fingerprint density at radius 3 is 2.44 bits per heavy atom. The second-order valence-corrected chi connectivity index (χ2v) is 6.86. The van der Waals surface area contributed by atoms with Crippen LogP contribution in [0.2, 0.25) is 0 Å². The zero-order valence-electron chi connectivity index (χ0n) is 12.5. The highest BCUT2D eigenvalue weighted by Gasteiger charge is 2.43. The van der Waals surface area contributed by atoms with Crippen LogP contribution in [0.15, 0.2) is 0 Å². The molecule has 106 valence electrons. The molecule has 1 aliphatic carbocycles. The summed E-state index contributed by atoms with van der Waals surface area (Å²) in [5.74, 6) is 0.902. The van der Waals surface area contributed by atoms with Gasteiger partial charge in [0.05, 0.1) is 0 Å². The molecule has 0 aromatic heterocycles. The minimum absolute atomic E-state index is 0.323. The van der Waals surface area contributed by atoms with Gasteiger partial charge in [-0.1, -0.05) is 6.92 Å². The van der Waals surface area contributed by atoms with Gasteiger partial charge in [-0.3, -0.25) is 4.90 Å². The van der Waals surface area contributed by atoms with Gasteiger partial charge in [0.1, 0.15) is 0 Å². The van der Waals surface area contributed by atoms with E-state index in [1.807, 2.05) is 0 Å². The molecule has 18 heavy (non-hydrogen) atoms. The molecule has 2 rings (SSSR count). The van der Waals surface area contributed by atoms with E-state index in [0.29, 0.717) is 5.54 Å². The van der Waals surface area contributed by atoms with E-state index in [9.17, 15) is 0 Å². The zero-order valence-corrected chi connectivity index (χ0v) is 12.5. The Morgan fingerprint density at radius 2 is 1.89 bits per heavy atom. The molecule has 1 saturated heterocycles. The maximum atomic E-state index is 6.20. The first-order valence-corrected chi connectivity index (χ1v) is 7.69. The highest BCUT2D eigenvalue weighted by molar-refractivity contribution is 5.00. The Kier molecular flexibility index (Phi) is 4.68. The Bertz CT molecular complexity index is 256. The molecule has 1 saturated carbocycles. The summed E-state index contributed by atoms with van der Waals surface area (Å²) < 4.78 is 0. The molecule has 2 aliphatic rings. The number of likely N-dealkylation sites (tertiary alicyclic amines) is 1.